The monoisotopic (exact) mass is 345 g/mol. The molecule has 9 nitrogen and oxygen atoms in total. The Labute approximate surface area is 137 Å². The molecule has 1 amide bonds. The molecule has 1 fully saturated rings. The van der Waals surface area contributed by atoms with Crippen LogP contribution in [0.15, 0.2) is 11.0 Å². The summed E-state index contributed by atoms with van der Waals surface area (Å²) >= 11 is 0. The highest BCUT2D eigenvalue weighted by atomic mass is 19.1. The van der Waals surface area contributed by atoms with Gasteiger partial charge in [-0.05, 0) is 6.42 Å². The van der Waals surface area contributed by atoms with Gasteiger partial charge in [-0.25, -0.2) is 14.0 Å². The summed E-state index contributed by atoms with van der Waals surface area (Å²) in [6, 6.07) is 0. The van der Waals surface area contributed by atoms with Crippen molar-refractivity contribution in [2.45, 2.75) is 44.6 Å². The fourth-order valence-corrected chi connectivity index (χ4v) is 2.19. The van der Waals surface area contributed by atoms with Crippen molar-refractivity contribution in [3.63, 3.8) is 0 Å². The zero-order chi connectivity index (χ0) is 17.7. The smallest absolute Gasteiger partial charge is 0.412 e. The molecule has 1 aliphatic rings. The second-order valence-corrected chi connectivity index (χ2v) is 5.38. The van der Waals surface area contributed by atoms with E-state index >= 15 is 0 Å². The average Bonchev–Trinajstić information content (AvgIpc) is 2.87. The fraction of sp³-hybridized carbons (Fsp3) is 0.643. The van der Waals surface area contributed by atoms with Crippen LogP contribution in [-0.4, -0.2) is 51.3 Å². The lowest BCUT2D eigenvalue weighted by Gasteiger charge is -2.17. The first-order chi connectivity index (χ1) is 11.4. The van der Waals surface area contributed by atoms with Gasteiger partial charge >= 0.3 is 11.8 Å². The Bertz CT molecular complexity index is 637. The number of nitrogens with zero attached hydrogens (tertiary/aromatic N) is 2. The molecule has 2 rings (SSSR count). The van der Waals surface area contributed by atoms with Crippen LogP contribution >= 0.6 is 0 Å². The molecule has 1 aliphatic heterocycles. The van der Waals surface area contributed by atoms with Crippen molar-refractivity contribution >= 4 is 11.9 Å². The maximum Gasteiger partial charge on any atom is 0.412 e. The van der Waals surface area contributed by atoms with Gasteiger partial charge in [-0.1, -0.05) is 19.8 Å². The topological polar surface area (TPSA) is 123 Å². The van der Waals surface area contributed by atoms with Crippen LogP contribution in [0.2, 0.25) is 0 Å². The number of ether oxygens (including phenoxy) is 2. The summed E-state index contributed by atoms with van der Waals surface area (Å²) in [5, 5.41) is 21.2. The summed E-state index contributed by atoms with van der Waals surface area (Å²) in [4.78, 5) is 26.9. The molecule has 1 aromatic heterocycles. The summed E-state index contributed by atoms with van der Waals surface area (Å²) in [5.41, 5.74) is -0.948. The minimum absolute atomic E-state index is 0.179. The Morgan fingerprint density at radius 2 is 2.29 bits per heavy atom. The predicted octanol–water partition coefficient (Wildman–Crippen LogP) is 0.372. The third-order valence-corrected chi connectivity index (χ3v) is 3.51. The van der Waals surface area contributed by atoms with Gasteiger partial charge in [0.05, 0.1) is 19.4 Å². The molecule has 3 N–H and O–H groups in total. The van der Waals surface area contributed by atoms with Crippen LogP contribution in [0.1, 0.15) is 32.4 Å². The van der Waals surface area contributed by atoms with E-state index in [0.29, 0.717) is 11.0 Å². The Hall–Kier alpha value is -2.04. The van der Waals surface area contributed by atoms with Gasteiger partial charge in [0, 0.05) is 0 Å². The molecule has 0 saturated carbocycles. The second-order valence-electron chi connectivity index (χ2n) is 5.38. The highest BCUT2D eigenvalue weighted by Gasteiger charge is 2.37. The number of hydrogen-bond donors (Lipinski definition) is 3. The van der Waals surface area contributed by atoms with Gasteiger partial charge in [0.25, 0.3) is 0 Å². The number of nitrogens with one attached hydrogen (secondary N) is 1. The molecule has 10 heteroatoms. The molecule has 0 bridgehead atoms. The molecule has 1 aromatic rings. The van der Waals surface area contributed by atoms with Gasteiger partial charge in [0.15, 0.2) is 17.9 Å². The van der Waals surface area contributed by atoms with Gasteiger partial charge in [-0.3, -0.25) is 9.88 Å². The molecular formula is C14H20FN3O6. The van der Waals surface area contributed by atoms with Crippen LogP contribution in [-0.2, 0) is 9.47 Å². The number of aliphatic hydroxyl groups is 2. The zero-order valence-corrected chi connectivity index (χ0v) is 13.1. The van der Waals surface area contributed by atoms with Crippen molar-refractivity contribution in [1.29, 1.82) is 0 Å². The van der Waals surface area contributed by atoms with Gasteiger partial charge in [0.1, 0.15) is 12.2 Å². The summed E-state index contributed by atoms with van der Waals surface area (Å²) < 4.78 is 24.6. The number of anilines is 1. The molecule has 1 saturated heterocycles. The minimum atomic E-state index is -1.38. The van der Waals surface area contributed by atoms with E-state index in [1.807, 2.05) is 6.92 Å². The minimum Gasteiger partial charge on any atom is -0.449 e. The van der Waals surface area contributed by atoms with Gasteiger partial charge in [0.2, 0.25) is 0 Å². The summed E-state index contributed by atoms with van der Waals surface area (Å²) in [6.07, 6.45) is -1.44. The molecule has 24 heavy (non-hydrogen) atoms. The molecule has 0 unspecified atom stereocenters. The largest absolute Gasteiger partial charge is 0.449 e. The third-order valence-electron chi connectivity index (χ3n) is 3.51. The number of unbranched alkanes of at least 4 members (excludes halogenated alkanes) is 2. The van der Waals surface area contributed by atoms with E-state index in [-0.39, 0.29) is 13.2 Å². The van der Waals surface area contributed by atoms with Gasteiger partial charge < -0.3 is 19.7 Å². The second kappa shape index (κ2) is 8.18. The first-order valence-electron chi connectivity index (χ1n) is 7.64. The number of carbonyl (C=O) groups excluding carboxylic acids is 1. The van der Waals surface area contributed by atoms with E-state index < -0.39 is 41.9 Å². The van der Waals surface area contributed by atoms with E-state index in [4.69, 9.17) is 9.47 Å². The standard InChI is InChI=1S/C14H20FN3O6/c1-2-3-4-5-23-14(22)17-11-8(15)6-18(13(21)16-11)12-10(20)9(19)7-24-12/h6,9-10,12,19-20H,2-5,7H2,1H3,(H,16,17,21,22)/t9-,10+,12-/m1/s1. The van der Waals surface area contributed by atoms with Crippen molar-refractivity contribution < 1.29 is 28.9 Å². The molecule has 2 heterocycles. The lowest BCUT2D eigenvalue weighted by Crippen LogP contribution is -2.35. The molecule has 0 aromatic carbocycles. The lowest BCUT2D eigenvalue weighted by molar-refractivity contribution is -0.0216. The van der Waals surface area contributed by atoms with Crippen molar-refractivity contribution in [2.75, 3.05) is 18.5 Å². The van der Waals surface area contributed by atoms with Crippen molar-refractivity contribution in [2.24, 2.45) is 0 Å². The van der Waals surface area contributed by atoms with Crippen molar-refractivity contribution in [3.05, 3.63) is 22.5 Å². The van der Waals surface area contributed by atoms with Crippen LogP contribution in [0, 0.1) is 5.82 Å². The predicted molar refractivity (Wildman–Crippen MR) is 80.0 cm³/mol. The average molecular weight is 345 g/mol. The van der Waals surface area contributed by atoms with Crippen molar-refractivity contribution in [1.82, 2.24) is 9.55 Å². The number of amides is 1. The van der Waals surface area contributed by atoms with E-state index in [1.165, 1.54) is 0 Å². The number of aromatic nitrogens is 2. The number of rotatable bonds is 6. The van der Waals surface area contributed by atoms with Crippen molar-refractivity contribution in [3.8, 4) is 0 Å². The fourth-order valence-electron chi connectivity index (χ4n) is 2.19. The van der Waals surface area contributed by atoms with Gasteiger partial charge in [-0.2, -0.15) is 4.98 Å². The van der Waals surface area contributed by atoms with Crippen LogP contribution in [0.4, 0.5) is 15.0 Å². The van der Waals surface area contributed by atoms with E-state index in [0.717, 1.165) is 19.0 Å². The maximum absolute atomic E-state index is 14.0. The summed E-state index contributed by atoms with van der Waals surface area (Å²) in [7, 11) is 0. The van der Waals surface area contributed by atoms with Crippen LogP contribution in [0.3, 0.4) is 0 Å². The van der Waals surface area contributed by atoms with E-state index in [2.05, 4.69) is 10.3 Å². The molecule has 134 valence electrons. The first kappa shape index (κ1) is 18.3. The maximum atomic E-state index is 14.0. The number of aliphatic hydroxyl groups excluding tert-OH is 2. The summed E-state index contributed by atoms with van der Waals surface area (Å²) in [5.74, 6) is -1.58. The number of hydrogen-bond acceptors (Lipinski definition) is 7. The SMILES string of the molecule is CCCCCOC(=O)Nc1nc(=O)n([C@@H]2OC[C@@H](O)[C@@H]2O)cc1F. The highest BCUT2D eigenvalue weighted by molar-refractivity contribution is 5.83. The Balaban J connectivity index is 2.04. The Morgan fingerprint density at radius 1 is 1.54 bits per heavy atom. The van der Waals surface area contributed by atoms with E-state index in [1.54, 1.807) is 0 Å². The lowest BCUT2D eigenvalue weighted by atomic mass is 10.2. The van der Waals surface area contributed by atoms with Crippen LogP contribution in [0.25, 0.3) is 0 Å². The Kier molecular flexibility index (Phi) is 6.23. The zero-order valence-electron chi connectivity index (χ0n) is 13.1. The first-order valence-corrected chi connectivity index (χ1v) is 7.64. The third kappa shape index (κ3) is 4.28. The quantitative estimate of drug-likeness (QED) is 0.637. The molecule has 0 aliphatic carbocycles. The highest BCUT2D eigenvalue weighted by Crippen LogP contribution is 2.23. The van der Waals surface area contributed by atoms with Gasteiger partial charge in [-0.15, -0.1) is 0 Å². The Morgan fingerprint density at radius 3 is 2.92 bits per heavy atom. The molecule has 0 radical (unpaired) electrons. The van der Waals surface area contributed by atoms with Crippen LogP contribution in [0.5, 0.6) is 0 Å². The number of halogens is 1. The molecular weight excluding hydrogens is 325 g/mol. The molecule has 3 atom stereocenters. The number of carbonyl (C=O) groups is 1. The van der Waals surface area contributed by atoms with Crippen LogP contribution < -0.4 is 11.0 Å². The van der Waals surface area contributed by atoms with E-state index in [9.17, 15) is 24.2 Å². The summed E-state index contributed by atoms with van der Waals surface area (Å²) in [6.45, 7) is 1.99. The molecule has 0 spiro atoms. The normalized spacial score (nSPS) is 23.2.